The molecule has 3 heterocycles. The van der Waals surface area contributed by atoms with Crippen LogP contribution < -0.4 is 0 Å². The van der Waals surface area contributed by atoms with Crippen molar-refractivity contribution < 1.29 is 9.26 Å². The monoisotopic (exact) mass is 368 g/mol. The van der Waals surface area contributed by atoms with E-state index in [2.05, 4.69) is 63.9 Å². The fourth-order valence-electron chi connectivity index (χ4n) is 3.96. The van der Waals surface area contributed by atoms with Crippen LogP contribution in [-0.2, 0) is 17.9 Å². The Labute approximate surface area is 160 Å². The van der Waals surface area contributed by atoms with Crippen LogP contribution in [0, 0.1) is 6.92 Å². The summed E-state index contributed by atoms with van der Waals surface area (Å²) in [6.07, 6.45) is 4.78. The lowest BCUT2D eigenvalue weighted by Crippen LogP contribution is -2.39. The van der Waals surface area contributed by atoms with Crippen molar-refractivity contribution in [1.82, 2.24) is 19.6 Å². The van der Waals surface area contributed by atoms with Crippen molar-refractivity contribution in [2.45, 2.75) is 58.9 Å². The van der Waals surface area contributed by atoms with Gasteiger partial charge in [0.05, 0.1) is 6.10 Å². The topological polar surface area (TPSA) is 56.3 Å². The van der Waals surface area contributed by atoms with Gasteiger partial charge in [-0.25, -0.2) is 0 Å². The number of ether oxygens (including phenoxy) is 1. The van der Waals surface area contributed by atoms with Gasteiger partial charge in [0.25, 0.3) is 0 Å². The number of hydrogen-bond donors (Lipinski definition) is 0. The van der Waals surface area contributed by atoms with Crippen LogP contribution in [0.5, 0.6) is 0 Å². The molecule has 1 aliphatic heterocycles. The van der Waals surface area contributed by atoms with Crippen molar-refractivity contribution in [3.63, 3.8) is 0 Å². The van der Waals surface area contributed by atoms with E-state index in [9.17, 15) is 0 Å². The van der Waals surface area contributed by atoms with Crippen molar-refractivity contribution >= 4 is 10.9 Å². The first-order chi connectivity index (χ1) is 13.1. The van der Waals surface area contributed by atoms with Gasteiger partial charge in [-0.15, -0.1) is 0 Å². The number of nitrogens with zero attached hydrogens (tertiary/aromatic N) is 4. The number of likely N-dealkylation sites (tertiary alicyclic amines) is 1. The molecule has 6 heteroatoms. The van der Waals surface area contributed by atoms with Crippen molar-refractivity contribution in [3.8, 4) is 0 Å². The average molecular weight is 368 g/mol. The van der Waals surface area contributed by atoms with E-state index in [0.29, 0.717) is 24.4 Å². The van der Waals surface area contributed by atoms with Crippen LogP contribution in [0.4, 0.5) is 0 Å². The molecule has 0 spiro atoms. The van der Waals surface area contributed by atoms with Gasteiger partial charge in [-0.05, 0) is 44.9 Å². The number of rotatable bonds is 6. The third-order valence-electron chi connectivity index (χ3n) is 5.25. The second-order valence-electron chi connectivity index (χ2n) is 7.71. The fraction of sp³-hybridized carbons (Fsp3) is 0.524. The zero-order chi connectivity index (χ0) is 18.8. The molecule has 0 N–H and O–H groups in total. The number of benzene rings is 1. The van der Waals surface area contributed by atoms with Crippen molar-refractivity contribution in [2.24, 2.45) is 0 Å². The predicted molar refractivity (Wildman–Crippen MR) is 104 cm³/mol. The van der Waals surface area contributed by atoms with Gasteiger partial charge in [0, 0.05) is 43.2 Å². The summed E-state index contributed by atoms with van der Waals surface area (Å²) in [7, 11) is 0. The van der Waals surface area contributed by atoms with Crippen LogP contribution in [0.15, 0.2) is 35.0 Å². The minimum Gasteiger partial charge on any atom is -0.369 e. The second kappa shape index (κ2) is 7.82. The number of aromatic nitrogens is 3. The second-order valence-corrected chi connectivity index (χ2v) is 7.71. The summed E-state index contributed by atoms with van der Waals surface area (Å²) >= 11 is 0. The fourth-order valence-corrected chi connectivity index (χ4v) is 3.96. The molecular formula is C21H28N4O2. The van der Waals surface area contributed by atoms with Crippen LogP contribution in [-0.4, -0.2) is 38.8 Å². The van der Waals surface area contributed by atoms with Crippen molar-refractivity contribution in [2.75, 3.05) is 13.1 Å². The Morgan fingerprint density at radius 1 is 1.30 bits per heavy atom. The molecule has 6 nitrogen and oxygen atoms in total. The number of fused-ring (bicyclic) bond motifs is 1. The van der Waals surface area contributed by atoms with E-state index in [1.165, 1.54) is 16.5 Å². The lowest BCUT2D eigenvalue weighted by molar-refractivity contribution is -0.0150. The molecule has 144 valence electrons. The molecule has 1 aliphatic rings. The number of piperidine rings is 1. The molecule has 0 bridgehead atoms. The number of aryl methyl sites for hydroxylation is 1. The zero-order valence-corrected chi connectivity index (χ0v) is 16.4. The maximum Gasteiger partial charge on any atom is 0.223 e. The lowest BCUT2D eigenvalue weighted by atomic mass is 10.1. The average Bonchev–Trinajstić information content (AvgIpc) is 3.24. The first kappa shape index (κ1) is 18.2. The zero-order valence-electron chi connectivity index (χ0n) is 16.4. The van der Waals surface area contributed by atoms with Crippen LogP contribution in [0.25, 0.3) is 10.9 Å². The number of hydrogen-bond acceptors (Lipinski definition) is 5. The molecular weight excluding hydrogens is 340 g/mol. The largest absolute Gasteiger partial charge is 0.369 e. The van der Waals surface area contributed by atoms with Gasteiger partial charge in [-0.2, -0.15) is 4.98 Å². The Morgan fingerprint density at radius 3 is 2.93 bits per heavy atom. The molecule has 4 rings (SSSR count). The quantitative estimate of drug-likeness (QED) is 0.656. The van der Waals surface area contributed by atoms with E-state index < -0.39 is 0 Å². The summed E-state index contributed by atoms with van der Waals surface area (Å²) in [6, 6.07) is 9.16. The predicted octanol–water partition coefficient (Wildman–Crippen LogP) is 4.09. The molecule has 0 radical (unpaired) electrons. The Balaban J connectivity index is 1.42. The molecule has 3 aromatic rings. The molecule has 0 amide bonds. The minimum atomic E-state index is 0.219. The van der Waals surface area contributed by atoms with Gasteiger partial charge >= 0.3 is 0 Å². The maximum absolute atomic E-state index is 6.05. The lowest BCUT2D eigenvalue weighted by Gasteiger charge is -2.32. The van der Waals surface area contributed by atoms with Crippen LogP contribution in [0.3, 0.4) is 0 Å². The van der Waals surface area contributed by atoms with Gasteiger partial charge < -0.3 is 13.8 Å². The molecule has 1 aromatic carbocycles. The van der Waals surface area contributed by atoms with Crippen molar-refractivity contribution in [3.05, 3.63) is 47.7 Å². The summed E-state index contributed by atoms with van der Waals surface area (Å²) in [5, 5.41) is 5.27. The van der Waals surface area contributed by atoms with Gasteiger partial charge in [0.15, 0.2) is 5.82 Å². The normalized spacial score (nSPS) is 18.6. The highest BCUT2D eigenvalue weighted by Crippen LogP contribution is 2.27. The SMILES string of the molecule is Cc1nc(COC2CCCN(Cc3cn(C(C)C)c4ccccc34)C2)no1. The Morgan fingerprint density at radius 2 is 2.15 bits per heavy atom. The molecule has 0 aliphatic carbocycles. The summed E-state index contributed by atoms with van der Waals surface area (Å²) in [4.78, 5) is 6.72. The third-order valence-corrected chi connectivity index (χ3v) is 5.25. The summed E-state index contributed by atoms with van der Waals surface area (Å²) in [6.45, 7) is 9.71. The maximum atomic E-state index is 6.05. The van der Waals surface area contributed by atoms with Crippen LogP contribution in [0.1, 0.15) is 50.0 Å². The molecule has 1 saturated heterocycles. The molecule has 2 aromatic heterocycles. The van der Waals surface area contributed by atoms with E-state index >= 15 is 0 Å². The Kier molecular flexibility index (Phi) is 5.27. The summed E-state index contributed by atoms with van der Waals surface area (Å²) < 4.78 is 13.4. The minimum absolute atomic E-state index is 0.219. The Hall–Kier alpha value is -2.18. The van der Waals surface area contributed by atoms with E-state index in [-0.39, 0.29) is 6.10 Å². The molecule has 1 fully saturated rings. The smallest absolute Gasteiger partial charge is 0.223 e. The molecule has 1 atom stereocenters. The van der Waals surface area contributed by atoms with E-state index in [1.807, 2.05) is 0 Å². The first-order valence-electron chi connectivity index (χ1n) is 9.81. The van der Waals surface area contributed by atoms with Gasteiger partial charge in [-0.1, -0.05) is 23.4 Å². The Bertz CT molecular complexity index is 899. The van der Waals surface area contributed by atoms with Crippen LogP contribution >= 0.6 is 0 Å². The van der Waals surface area contributed by atoms with Gasteiger partial charge in [-0.3, -0.25) is 4.90 Å². The van der Waals surface area contributed by atoms with E-state index in [0.717, 1.165) is 32.5 Å². The highest BCUT2D eigenvalue weighted by Gasteiger charge is 2.22. The highest BCUT2D eigenvalue weighted by atomic mass is 16.5. The highest BCUT2D eigenvalue weighted by molar-refractivity contribution is 5.84. The molecule has 27 heavy (non-hydrogen) atoms. The van der Waals surface area contributed by atoms with E-state index in [1.54, 1.807) is 6.92 Å². The van der Waals surface area contributed by atoms with Crippen LogP contribution in [0.2, 0.25) is 0 Å². The molecule has 1 unspecified atom stereocenters. The summed E-state index contributed by atoms with van der Waals surface area (Å²) in [5.74, 6) is 1.21. The van der Waals surface area contributed by atoms with E-state index in [4.69, 9.17) is 9.26 Å². The van der Waals surface area contributed by atoms with Crippen molar-refractivity contribution in [1.29, 1.82) is 0 Å². The third kappa shape index (κ3) is 4.06. The number of para-hydroxylation sites is 1. The summed E-state index contributed by atoms with van der Waals surface area (Å²) in [5.41, 5.74) is 2.72. The van der Waals surface area contributed by atoms with Gasteiger partial charge in [0.2, 0.25) is 5.89 Å². The van der Waals surface area contributed by atoms with Gasteiger partial charge in [0.1, 0.15) is 6.61 Å². The standard InChI is InChI=1S/C21H28N4O2/c1-15(2)25-12-17(19-8-4-5-9-20(19)25)11-24-10-6-7-18(13-24)26-14-21-22-16(3)27-23-21/h4-5,8-9,12,15,18H,6-7,10-11,13-14H2,1-3H3. The molecule has 0 saturated carbocycles. The first-order valence-corrected chi connectivity index (χ1v) is 9.81.